The first-order chi connectivity index (χ1) is 10.6. The van der Waals surface area contributed by atoms with Gasteiger partial charge in [0, 0.05) is 16.0 Å². The lowest BCUT2D eigenvalue weighted by Gasteiger charge is -1.98. The van der Waals surface area contributed by atoms with E-state index in [-0.39, 0.29) is 12.3 Å². The first-order valence-corrected chi connectivity index (χ1v) is 8.48. The van der Waals surface area contributed by atoms with Crippen LogP contribution >= 0.6 is 34.3 Å². The number of anilines is 1. The first kappa shape index (κ1) is 15.1. The molecule has 22 heavy (non-hydrogen) atoms. The van der Waals surface area contributed by atoms with Crippen LogP contribution < -0.4 is 5.32 Å². The Morgan fingerprint density at radius 2 is 2.23 bits per heavy atom. The highest BCUT2D eigenvalue weighted by Crippen LogP contribution is 2.26. The number of hydrogen-bond donors (Lipinski definition) is 1. The van der Waals surface area contributed by atoms with Gasteiger partial charge in [-0.25, -0.2) is 4.98 Å². The molecule has 0 saturated heterocycles. The van der Waals surface area contributed by atoms with Crippen molar-refractivity contribution in [2.24, 2.45) is 0 Å². The van der Waals surface area contributed by atoms with Crippen LogP contribution in [0.25, 0.3) is 10.6 Å². The second kappa shape index (κ2) is 6.51. The molecule has 3 rings (SSSR count). The molecule has 0 atom stereocenters. The fourth-order valence-electron chi connectivity index (χ4n) is 1.82. The molecule has 3 aromatic rings. The molecule has 2 heterocycles. The third-order valence-electron chi connectivity index (χ3n) is 2.74. The number of nitrogens with zero attached hydrogens (tertiary/aromatic N) is 3. The summed E-state index contributed by atoms with van der Waals surface area (Å²) in [5.41, 5.74) is 1.67. The van der Waals surface area contributed by atoms with Crippen LogP contribution in [0.5, 0.6) is 0 Å². The largest absolute Gasteiger partial charge is 0.300 e. The van der Waals surface area contributed by atoms with Gasteiger partial charge in [0.15, 0.2) is 0 Å². The molecule has 0 saturated carbocycles. The van der Waals surface area contributed by atoms with Gasteiger partial charge in [-0.3, -0.25) is 4.79 Å². The molecule has 1 amide bonds. The Labute approximate surface area is 140 Å². The van der Waals surface area contributed by atoms with Crippen molar-refractivity contribution in [3.05, 3.63) is 45.4 Å². The van der Waals surface area contributed by atoms with Crippen LogP contribution in [-0.2, 0) is 11.2 Å². The van der Waals surface area contributed by atoms with Crippen molar-refractivity contribution in [2.45, 2.75) is 13.3 Å². The van der Waals surface area contributed by atoms with Crippen molar-refractivity contribution in [3.63, 3.8) is 0 Å². The molecule has 5 nitrogen and oxygen atoms in total. The zero-order chi connectivity index (χ0) is 15.5. The van der Waals surface area contributed by atoms with E-state index in [1.54, 1.807) is 0 Å². The van der Waals surface area contributed by atoms with Crippen LogP contribution in [-0.4, -0.2) is 21.1 Å². The SMILES string of the molecule is Cc1nnc(NC(=O)Cc2csc(-c3cccc(Cl)c3)n2)s1. The van der Waals surface area contributed by atoms with Gasteiger partial charge in [0.25, 0.3) is 0 Å². The van der Waals surface area contributed by atoms with Gasteiger partial charge in [0.2, 0.25) is 11.0 Å². The summed E-state index contributed by atoms with van der Waals surface area (Å²) in [6.07, 6.45) is 0.204. The third-order valence-corrected chi connectivity index (χ3v) is 4.67. The van der Waals surface area contributed by atoms with Gasteiger partial charge in [0.05, 0.1) is 12.1 Å². The minimum Gasteiger partial charge on any atom is -0.300 e. The summed E-state index contributed by atoms with van der Waals surface area (Å²) in [5, 5.41) is 15.1. The summed E-state index contributed by atoms with van der Waals surface area (Å²) in [6, 6.07) is 7.49. The number of carbonyl (C=O) groups is 1. The van der Waals surface area contributed by atoms with Crippen LogP contribution in [0.4, 0.5) is 5.13 Å². The van der Waals surface area contributed by atoms with Crippen molar-refractivity contribution in [1.82, 2.24) is 15.2 Å². The number of benzene rings is 1. The van der Waals surface area contributed by atoms with Crippen LogP contribution in [0, 0.1) is 6.92 Å². The number of thiazole rings is 1. The van der Waals surface area contributed by atoms with Crippen LogP contribution in [0.15, 0.2) is 29.6 Å². The second-order valence-electron chi connectivity index (χ2n) is 4.51. The molecular formula is C14H11ClN4OS2. The van der Waals surface area contributed by atoms with E-state index >= 15 is 0 Å². The van der Waals surface area contributed by atoms with Gasteiger partial charge in [-0.05, 0) is 19.1 Å². The number of aryl methyl sites for hydroxylation is 1. The molecule has 112 valence electrons. The molecule has 0 aliphatic heterocycles. The Bertz CT molecular complexity index is 815. The Kier molecular flexibility index (Phi) is 4.47. The predicted octanol–water partition coefficient (Wildman–Crippen LogP) is 3.80. The van der Waals surface area contributed by atoms with Crippen molar-refractivity contribution >= 4 is 45.3 Å². The Hall–Kier alpha value is -1.83. The summed E-state index contributed by atoms with van der Waals surface area (Å²) in [5.74, 6) is -0.154. The van der Waals surface area contributed by atoms with Crippen LogP contribution in [0.2, 0.25) is 5.02 Å². The third kappa shape index (κ3) is 3.68. The van der Waals surface area contributed by atoms with Gasteiger partial charge in [-0.15, -0.1) is 21.5 Å². The summed E-state index contributed by atoms with van der Waals surface area (Å²) in [4.78, 5) is 16.4. The average molecular weight is 351 g/mol. The Balaban J connectivity index is 1.67. The van der Waals surface area contributed by atoms with Gasteiger partial charge < -0.3 is 5.32 Å². The molecule has 0 spiro atoms. The number of nitrogens with one attached hydrogen (secondary N) is 1. The smallest absolute Gasteiger partial charge is 0.232 e. The van der Waals surface area contributed by atoms with E-state index in [0.29, 0.717) is 10.2 Å². The van der Waals surface area contributed by atoms with E-state index in [1.807, 2.05) is 36.6 Å². The normalized spacial score (nSPS) is 10.6. The van der Waals surface area contributed by atoms with Crippen LogP contribution in [0.3, 0.4) is 0 Å². The number of carbonyl (C=O) groups excluding carboxylic acids is 1. The van der Waals surface area contributed by atoms with Crippen molar-refractivity contribution in [1.29, 1.82) is 0 Å². The maximum absolute atomic E-state index is 12.0. The Morgan fingerprint density at radius 3 is 2.95 bits per heavy atom. The molecule has 1 aromatic carbocycles. The number of halogens is 1. The summed E-state index contributed by atoms with van der Waals surface area (Å²) in [7, 11) is 0. The lowest BCUT2D eigenvalue weighted by molar-refractivity contribution is -0.115. The Morgan fingerprint density at radius 1 is 1.36 bits per heavy atom. The molecular weight excluding hydrogens is 340 g/mol. The lowest BCUT2D eigenvalue weighted by atomic mass is 10.2. The summed E-state index contributed by atoms with van der Waals surface area (Å²) >= 11 is 8.81. The topological polar surface area (TPSA) is 67.8 Å². The molecule has 0 bridgehead atoms. The summed E-state index contributed by atoms with van der Waals surface area (Å²) < 4.78 is 0. The quantitative estimate of drug-likeness (QED) is 0.777. The average Bonchev–Trinajstić information content (AvgIpc) is 3.08. The van der Waals surface area contributed by atoms with E-state index < -0.39 is 0 Å². The van der Waals surface area contributed by atoms with Crippen LogP contribution in [0.1, 0.15) is 10.7 Å². The number of aromatic nitrogens is 3. The minimum atomic E-state index is -0.154. The highest BCUT2D eigenvalue weighted by Gasteiger charge is 2.11. The highest BCUT2D eigenvalue weighted by atomic mass is 35.5. The van der Waals surface area contributed by atoms with Gasteiger partial charge in [-0.2, -0.15) is 0 Å². The molecule has 0 fully saturated rings. The predicted molar refractivity (Wildman–Crippen MR) is 89.5 cm³/mol. The molecule has 0 aliphatic carbocycles. The molecule has 8 heteroatoms. The van der Waals surface area contributed by atoms with E-state index in [2.05, 4.69) is 20.5 Å². The van der Waals surface area contributed by atoms with E-state index in [1.165, 1.54) is 22.7 Å². The molecule has 0 aliphatic rings. The van der Waals surface area contributed by atoms with Gasteiger partial charge in [-0.1, -0.05) is 35.1 Å². The van der Waals surface area contributed by atoms with E-state index in [0.717, 1.165) is 21.3 Å². The number of hydrogen-bond acceptors (Lipinski definition) is 6. The summed E-state index contributed by atoms with van der Waals surface area (Å²) in [6.45, 7) is 1.84. The maximum atomic E-state index is 12.0. The maximum Gasteiger partial charge on any atom is 0.232 e. The molecule has 0 unspecified atom stereocenters. The molecule has 0 radical (unpaired) electrons. The standard InChI is InChI=1S/C14H11ClN4OS2/c1-8-18-19-14(22-8)17-12(20)6-11-7-21-13(16-11)9-3-2-4-10(15)5-9/h2-5,7H,6H2,1H3,(H,17,19,20). The van der Waals surface area contributed by atoms with Gasteiger partial charge in [0.1, 0.15) is 10.0 Å². The lowest BCUT2D eigenvalue weighted by Crippen LogP contribution is -2.14. The fraction of sp³-hybridized carbons (Fsp3) is 0.143. The first-order valence-electron chi connectivity index (χ1n) is 6.40. The number of amides is 1. The zero-order valence-electron chi connectivity index (χ0n) is 11.5. The minimum absolute atomic E-state index is 0.154. The fourth-order valence-corrected chi connectivity index (χ4v) is 3.43. The second-order valence-corrected chi connectivity index (χ2v) is 6.98. The van der Waals surface area contributed by atoms with Crippen molar-refractivity contribution < 1.29 is 4.79 Å². The van der Waals surface area contributed by atoms with E-state index in [4.69, 9.17) is 11.6 Å². The zero-order valence-corrected chi connectivity index (χ0v) is 13.9. The van der Waals surface area contributed by atoms with E-state index in [9.17, 15) is 4.79 Å². The monoisotopic (exact) mass is 350 g/mol. The molecule has 2 aromatic heterocycles. The molecule has 1 N–H and O–H groups in total. The van der Waals surface area contributed by atoms with Crippen molar-refractivity contribution in [2.75, 3.05) is 5.32 Å². The van der Waals surface area contributed by atoms with Crippen molar-refractivity contribution in [3.8, 4) is 10.6 Å². The highest BCUT2D eigenvalue weighted by molar-refractivity contribution is 7.15. The number of rotatable bonds is 4. The van der Waals surface area contributed by atoms with Gasteiger partial charge >= 0.3 is 0 Å².